The van der Waals surface area contributed by atoms with Crippen molar-refractivity contribution in [2.75, 3.05) is 13.2 Å². The van der Waals surface area contributed by atoms with Gasteiger partial charge in [0.15, 0.2) is 0 Å². The maximum atomic E-state index is 12.4. The molecule has 2 saturated carbocycles. The maximum Gasteiger partial charge on any atom is 0.239 e. The zero-order chi connectivity index (χ0) is 14.8. The Morgan fingerprint density at radius 2 is 2.05 bits per heavy atom. The van der Waals surface area contributed by atoms with Crippen molar-refractivity contribution >= 4 is 5.91 Å². The van der Waals surface area contributed by atoms with E-state index in [-0.39, 0.29) is 11.3 Å². The van der Waals surface area contributed by atoms with Gasteiger partial charge in [0.1, 0.15) is 0 Å². The van der Waals surface area contributed by atoms with Gasteiger partial charge in [-0.25, -0.2) is 0 Å². The van der Waals surface area contributed by atoms with E-state index in [0.717, 1.165) is 26.0 Å². The fourth-order valence-corrected chi connectivity index (χ4v) is 4.21. The van der Waals surface area contributed by atoms with Gasteiger partial charge in [0.05, 0.1) is 12.1 Å². The van der Waals surface area contributed by atoms with Crippen LogP contribution in [0.25, 0.3) is 0 Å². The zero-order valence-corrected chi connectivity index (χ0v) is 13.2. The van der Waals surface area contributed by atoms with Gasteiger partial charge in [-0.1, -0.05) is 19.8 Å². The summed E-state index contributed by atoms with van der Waals surface area (Å²) in [6.45, 7) is 7.58. The summed E-state index contributed by atoms with van der Waals surface area (Å²) < 4.78 is 5.95. The Morgan fingerprint density at radius 1 is 1.40 bits per heavy atom. The molecule has 1 spiro atoms. The van der Waals surface area contributed by atoms with Crippen LogP contribution in [0.15, 0.2) is 0 Å². The number of amides is 1. The lowest BCUT2D eigenvalue weighted by atomic mass is 9.59. The minimum Gasteiger partial charge on any atom is -0.378 e. The van der Waals surface area contributed by atoms with Crippen LogP contribution >= 0.6 is 0 Å². The van der Waals surface area contributed by atoms with Crippen molar-refractivity contribution in [2.45, 2.75) is 77.5 Å². The molecule has 2 aliphatic rings. The number of ether oxygens (including phenoxy) is 1. The van der Waals surface area contributed by atoms with Crippen LogP contribution in [-0.2, 0) is 9.53 Å². The molecule has 3 atom stereocenters. The summed E-state index contributed by atoms with van der Waals surface area (Å²) in [6, 6.07) is -0.0499. The van der Waals surface area contributed by atoms with Gasteiger partial charge >= 0.3 is 0 Å². The zero-order valence-electron chi connectivity index (χ0n) is 13.2. The van der Waals surface area contributed by atoms with Crippen LogP contribution in [0.2, 0.25) is 0 Å². The number of carbonyl (C=O) groups excluding carboxylic acids is 1. The van der Waals surface area contributed by atoms with Gasteiger partial charge in [-0.15, -0.1) is 0 Å². The van der Waals surface area contributed by atoms with Crippen molar-refractivity contribution in [3.05, 3.63) is 0 Å². The molecule has 0 aliphatic heterocycles. The third-order valence-corrected chi connectivity index (χ3v) is 5.16. The number of rotatable bonds is 6. The van der Waals surface area contributed by atoms with Crippen molar-refractivity contribution in [1.29, 1.82) is 0 Å². The number of nitrogens with zero attached hydrogens (tertiary/aromatic N) is 1. The first-order valence-corrected chi connectivity index (χ1v) is 8.24. The van der Waals surface area contributed by atoms with E-state index >= 15 is 0 Å². The summed E-state index contributed by atoms with van der Waals surface area (Å²) in [4.78, 5) is 14.5. The highest BCUT2D eigenvalue weighted by atomic mass is 16.5. The SMILES string of the molecule is CCCN(C(=O)[C@H](C)N)C1CC(OCC)C12CCCC2. The summed E-state index contributed by atoms with van der Waals surface area (Å²) in [5.74, 6) is 0.109. The molecular weight excluding hydrogens is 252 g/mol. The largest absolute Gasteiger partial charge is 0.378 e. The molecule has 0 bridgehead atoms. The maximum absolute atomic E-state index is 12.4. The minimum atomic E-state index is -0.397. The standard InChI is InChI=1S/C16H30N2O2/c1-4-10-18(15(19)12(3)17)13-11-14(20-5-2)16(13)8-6-7-9-16/h12-14H,4-11,17H2,1-3H3/t12-,13?,14?/m0/s1. The highest BCUT2D eigenvalue weighted by Gasteiger charge is 2.59. The fourth-order valence-electron chi connectivity index (χ4n) is 4.21. The van der Waals surface area contributed by atoms with Crippen molar-refractivity contribution in [1.82, 2.24) is 4.90 Å². The highest BCUT2D eigenvalue weighted by Crippen LogP contribution is 2.56. The summed E-state index contributed by atoms with van der Waals surface area (Å²) in [5, 5.41) is 0. The van der Waals surface area contributed by atoms with E-state index in [9.17, 15) is 4.79 Å². The first-order chi connectivity index (χ1) is 9.56. The van der Waals surface area contributed by atoms with Gasteiger partial charge in [-0.05, 0) is 39.5 Å². The summed E-state index contributed by atoms with van der Waals surface area (Å²) in [6.07, 6.45) is 7.28. The summed E-state index contributed by atoms with van der Waals surface area (Å²) >= 11 is 0. The normalized spacial score (nSPS) is 29.2. The van der Waals surface area contributed by atoms with Crippen molar-refractivity contribution in [3.63, 3.8) is 0 Å². The van der Waals surface area contributed by atoms with E-state index in [2.05, 4.69) is 18.7 Å². The number of carbonyl (C=O) groups is 1. The molecule has 2 rings (SSSR count). The van der Waals surface area contributed by atoms with Crippen LogP contribution in [-0.4, -0.2) is 42.1 Å². The fraction of sp³-hybridized carbons (Fsp3) is 0.938. The minimum absolute atomic E-state index is 0.109. The second kappa shape index (κ2) is 6.44. The molecule has 4 heteroatoms. The summed E-state index contributed by atoms with van der Waals surface area (Å²) in [7, 11) is 0. The van der Waals surface area contributed by atoms with Crippen LogP contribution in [0.4, 0.5) is 0 Å². The second-order valence-electron chi connectivity index (χ2n) is 6.46. The molecule has 2 aliphatic carbocycles. The lowest BCUT2D eigenvalue weighted by Crippen LogP contribution is -2.66. The van der Waals surface area contributed by atoms with Crippen molar-refractivity contribution < 1.29 is 9.53 Å². The van der Waals surface area contributed by atoms with Crippen LogP contribution < -0.4 is 5.73 Å². The van der Waals surface area contributed by atoms with Crippen LogP contribution in [0.5, 0.6) is 0 Å². The van der Waals surface area contributed by atoms with E-state index in [1.165, 1.54) is 25.7 Å². The van der Waals surface area contributed by atoms with Gasteiger partial charge < -0.3 is 15.4 Å². The molecular formula is C16H30N2O2. The molecule has 2 N–H and O–H groups in total. The smallest absolute Gasteiger partial charge is 0.239 e. The lowest BCUT2D eigenvalue weighted by molar-refractivity contribution is -0.176. The average Bonchev–Trinajstić information content (AvgIpc) is 2.92. The third kappa shape index (κ3) is 2.60. The molecule has 0 heterocycles. The molecule has 20 heavy (non-hydrogen) atoms. The molecule has 2 unspecified atom stereocenters. The predicted molar refractivity (Wildman–Crippen MR) is 80.4 cm³/mol. The monoisotopic (exact) mass is 282 g/mol. The molecule has 0 saturated heterocycles. The van der Waals surface area contributed by atoms with E-state index in [4.69, 9.17) is 10.5 Å². The Kier molecular flexibility index (Phi) is 5.08. The Labute approximate surface area is 123 Å². The molecule has 2 fully saturated rings. The van der Waals surface area contributed by atoms with Crippen LogP contribution in [0.1, 0.15) is 59.3 Å². The van der Waals surface area contributed by atoms with E-state index in [1.807, 2.05) is 0 Å². The van der Waals surface area contributed by atoms with Crippen molar-refractivity contribution in [2.24, 2.45) is 11.1 Å². The molecule has 116 valence electrons. The topological polar surface area (TPSA) is 55.6 Å². The number of hydrogen-bond acceptors (Lipinski definition) is 3. The molecule has 1 amide bonds. The summed E-state index contributed by atoms with van der Waals surface area (Å²) in [5.41, 5.74) is 6.06. The van der Waals surface area contributed by atoms with Gasteiger partial charge in [0, 0.05) is 24.6 Å². The lowest BCUT2D eigenvalue weighted by Gasteiger charge is -2.58. The number of nitrogens with two attached hydrogens (primary N) is 1. The Morgan fingerprint density at radius 3 is 2.55 bits per heavy atom. The van der Waals surface area contributed by atoms with Gasteiger partial charge in [-0.2, -0.15) is 0 Å². The molecule has 0 radical (unpaired) electrons. The Bertz CT molecular complexity index is 337. The van der Waals surface area contributed by atoms with Gasteiger partial charge in [-0.3, -0.25) is 4.79 Å². The van der Waals surface area contributed by atoms with E-state index < -0.39 is 6.04 Å². The van der Waals surface area contributed by atoms with Crippen LogP contribution in [0.3, 0.4) is 0 Å². The van der Waals surface area contributed by atoms with Crippen molar-refractivity contribution in [3.8, 4) is 0 Å². The second-order valence-corrected chi connectivity index (χ2v) is 6.46. The number of hydrogen-bond donors (Lipinski definition) is 1. The third-order valence-electron chi connectivity index (χ3n) is 5.16. The van der Waals surface area contributed by atoms with Crippen LogP contribution in [0, 0.1) is 5.41 Å². The molecule has 0 aromatic carbocycles. The predicted octanol–water partition coefficient (Wildman–Crippen LogP) is 2.31. The Balaban J connectivity index is 2.15. The molecule has 0 aromatic rings. The average molecular weight is 282 g/mol. The molecule has 0 aromatic heterocycles. The molecule has 4 nitrogen and oxygen atoms in total. The first-order valence-electron chi connectivity index (χ1n) is 8.24. The van der Waals surface area contributed by atoms with Gasteiger partial charge in [0.2, 0.25) is 5.91 Å². The highest BCUT2D eigenvalue weighted by molar-refractivity contribution is 5.81. The van der Waals surface area contributed by atoms with E-state index in [0.29, 0.717) is 12.1 Å². The first kappa shape index (κ1) is 15.8. The Hall–Kier alpha value is -0.610. The quantitative estimate of drug-likeness (QED) is 0.813. The van der Waals surface area contributed by atoms with Gasteiger partial charge in [0.25, 0.3) is 0 Å². The van der Waals surface area contributed by atoms with E-state index in [1.54, 1.807) is 6.92 Å².